The molecule has 0 radical (unpaired) electrons. The molecular weight excluding hydrogens is 280 g/mol. The third kappa shape index (κ3) is 2.93. The maximum Gasteiger partial charge on any atom is 0.337 e. The van der Waals surface area contributed by atoms with Crippen molar-refractivity contribution < 1.29 is 9.90 Å². The van der Waals surface area contributed by atoms with Crippen LogP contribution in [0.15, 0.2) is 41.3 Å². The van der Waals surface area contributed by atoms with Crippen LogP contribution in [0, 0.1) is 0 Å². The molecule has 1 aromatic carbocycles. The van der Waals surface area contributed by atoms with Gasteiger partial charge in [0.05, 0.1) is 17.4 Å². The van der Waals surface area contributed by atoms with Gasteiger partial charge in [0.1, 0.15) is 0 Å². The number of carbonyl (C=O) groups is 1. The predicted molar refractivity (Wildman–Crippen MR) is 82.6 cm³/mol. The lowest BCUT2D eigenvalue weighted by Gasteiger charge is -2.22. The Morgan fingerprint density at radius 2 is 1.82 bits per heavy atom. The monoisotopic (exact) mass is 298 g/mol. The number of hydrogen-bond donors (Lipinski definition) is 1. The molecule has 3 rings (SSSR count). The van der Waals surface area contributed by atoms with Gasteiger partial charge in [-0.05, 0) is 36.5 Å². The van der Waals surface area contributed by atoms with Crippen LogP contribution in [0.25, 0.3) is 5.69 Å². The molecule has 114 valence electrons. The number of aromatic nitrogens is 2. The Balaban J connectivity index is 1.86. The number of benzene rings is 1. The number of hydrogen-bond acceptors (Lipinski definition) is 3. The third-order valence-electron chi connectivity index (χ3n) is 4.26. The summed E-state index contributed by atoms with van der Waals surface area (Å²) in [4.78, 5) is 22.8. The van der Waals surface area contributed by atoms with E-state index in [1.165, 1.54) is 48.5 Å². The fourth-order valence-corrected chi connectivity index (χ4v) is 3.04. The van der Waals surface area contributed by atoms with Gasteiger partial charge in [-0.3, -0.25) is 4.79 Å². The van der Waals surface area contributed by atoms with E-state index in [2.05, 4.69) is 5.10 Å². The van der Waals surface area contributed by atoms with Crippen LogP contribution < -0.4 is 5.56 Å². The van der Waals surface area contributed by atoms with Gasteiger partial charge in [0.15, 0.2) is 0 Å². The summed E-state index contributed by atoms with van der Waals surface area (Å²) >= 11 is 0. The molecule has 0 saturated heterocycles. The van der Waals surface area contributed by atoms with Crippen LogP contribution in [0.4, 0.5) is 0 Å². The second-order valence-electron chi connectivity index (χ2n) is 5.73. The van der Waals surface area contributed by atoms with Crippen LogP contribution in [-0.2, 0) is 0 Å². The smallest absolute Gasteiger partial charge is 0.337 e. The summed E-state index contributed by atoms with van der Waals surface area (Å²) in [6, 6.07) is 8.93. The van der Waals surface area contributed by atoms with E-state index in [0.717, 1.165) is 6.07 Å². The lowest BCUT2D eigenvalue weighted by Crippen LogP contribution is -2.22. The van der Waals surface area contributed by atoms with E-state index in [0.29, 0.717) is 11.6 Å². The summed E-state index contributed by atoms with van der Waals surface area (Å²) in [5.74, 6) is -0.536. The Hall–Kier alpha value is -2.43. The molecule has 0 amide bonds. The maximum atomic E-state index is 12.0. The quantitative estimate of drug-likeness (QED) is 0.945. The summed E-state index contributed by atoms with van der Waals surface area (Å²) in [5, 5.41) is 12.8. The van der Waals surface area contributed by atoms with E-state index in [1.807, 2.05) is 24.3 Å². The zero-order valence-electron chi connectivity index (χ0n) is 12.2. The highest BCUT2D eigenvalue weighted by Crippen LogP contribution is 2.32. The van der Waals surface area contributed by atoms with Crippen molar-refractivity contribution in [3.05, 3.63) is 58.0 Å². The zero-order chi connectivity index (χ0) is 15.5. The highest BCUT2D eigenvalue weighted by atomic mass is 16.4. The second kappa shape index (κ2) is 6.13. The molecule has 0 unspecified atom stereocenters. The van der Waals surface area contributed by atoms with Crippen molar-refractivity contribution in [1.82, 2.24) is 9.78 Å². The van der Waals surface area contributed by atoms with Crippen molar-refractivity contribution in [3.63, 3.8) is 0 Å². The van der Waals surface area contributed by atoms with E-state index >= 15 is 0 Å². The van der Waals surface area contributed by atoms with Gasteiger partial charge in [-0.25, -0.2) is 4.79 Å². The van der Waals surface area contributed by atoms with Gasteiger partial charge < -0.3 is 5.11 Å². The first kappa shape index (κ1) is 14.5. The molecule has 1 saturated carbocycles. The standard InChI is InChI=1S/C17H18N2O3/c20-16-10-14(17(21)22)11-18-19(16)15-8-6-13(7-9-15)12-4-2-1-3-5-12/h6-12H,1-5H2,(H,21,22). The molecular formula is C17H18N2O3. The minimum absolute atomic E-state index is 0.0972. The summed E-state index contributed by atoms with van der Waals surface area (Å²) in [6.45, 7) is 0. The Labute approximate surface area is 128 Å². The first-order chi connectivity index (χ1) is 10.6. The van der Waals surface area contributed by atoms with E-state index < -0.39 is 11.5 Å². The fraction of sp³-hybridized carbons (Fsp3) is 0.353. The Morgan fingerprint density at radius 1 is 1.14 bits per heavy atom. The number of rotatable bonds is 3. The third-order valence-corrected chi connectivity index (χ3v) is 4.26. The minimum atomic E-state index is -1.15. The fourth-order valence-electron chi connectivity index (χ4n) is 3.04. The van der Waals surface area contributed by atoms with Gasteiger partial charge in [0, 0.05) is 6.07 Å². The Kier molecular flexibility index (Phi) is 4.04. The summed E-state index contributed by atoms with van der Waals surface area (Å²) in [6.07, 6.45) is 7.53. The molecule has 0 aliphatic heterocycles. The predicted octanol–water partition coefficient (Wildman–Crippen LogP) is 2.98. The molecule has 0 spiro atoms. The molecule has 1 aliphatic rings. The molecule has 0 atom stereocenters. The molecule has 0 bridgehead atoms. The average Bonchev–Trinajstić information content (AvgIpc) is 2.56. The van der Waals surface area contributed by atoms with Crippen molar-refractivity contribution in [2.45, 2.75) is 38.0 Å². The van der Waals surface area contributed by atoms with Gasteiger partial charge in [-0.2, -0.15) is 9.78 Å². The molecule has 1 fully saturated rings. The van der Waals surface area contributed by atoms with Crippen LogP contribution >= 0.6 is 0 Å². The normalized spacial score (nSPS) is 15.6. The number of carboxylic acids is 1. The molecule has 2 aromatic rings. The molecule has 1 heterocycles. The first-order valence-corrected chi connectivity index (χ1v) is 7.58. The topological polar surface area (TPSA) is 72.2 Å². The zero-order valence-corrected chi connectivity index (χ0v) is 12.2. The van der Waals surface area contributed by atoms with Crippen LogP contribution in [0.5, 0.6) is 0 Å². The minimum Gasteiger partial charge on any atom is -0.478 e. The molecule has 5 nitrogen and oxygen atoms in total. The van der Waals surface area contributed by atoms with Crippen LogP contribution in [-0.4, -0.2) is 20.9 Å². The molecule has 5 heteroatoms. The first-order valence-electron chi connectivity index (χ1n) is 7.58. The van der Waals surface area contributed by atoms with Gasteiger partial charge in [0.25, 0.3) is 5.56 Å². The number of nitrogens with zero attached hydrogens (tertiary/aromatic N) is 2. The highest BCUT2D eigenvalue weighted by molar-refractivity contribution is 5.86. The van der Waals surface area contributed by atoms with Crippen LogP contribution in [0.1, 0.15) is 53.9 Å². The second-order valence-corrected chi connectivity index (χ2v) is 5.73. The number of aromatic carboxylic acids is 1. The van der Waals surface area contributed by atoms with Gasteiger partial charge in [-0.1, -0.05) is 31.4 Å². The summed E-state index contributed by atoms with van der Waals surface area (Å²) in [7, 11) is 0. The largest absolute Gasteiger partial charge is 0.478 e. The van der Waals surface area contributed by atoms with E-state index in [-0.39, 0.29) is 5.56 Å². The van der Waals surface area contributed by atoms with Crippen molar-refractivity contribution in [1.29, 1.82) is 0 Å². The van der Waals surface area contributed by atoms with Crippen LogP contribution in [0.2, 0.25) is 0 Å². The van der Waals surface area contributed by atoms with Crippen LogP contribution in [0.3, 0.4) is 0 Å². The van der Waals surface area contributed by atoms with Crippen molar-refractivity contribution in [3.8, 4) is 5.69 Å². The summed E-state index contributed by atoms with van der Waals surface area (Å²) in [5.41, 5.74) is 1.42. The van der Waals surface area contributed by atoms with Gasteiger partial charge >= 0.3 is 5.97 Å². The highest BCUT2D eigenvalue weighted by Gasteiger charge is 2.15. The lowest BCUT2D eigenvalue weighted by molar-refractivity contribution is 0.0696. The van der Waals surface area contributed by atoms with E-state index in [4.69, 9.17) is 5.11 Å². The molecule has 1 aliphatic carbocycles. The lowest BCUT2D eigenvalue weighted by atomic mass is 9.84. The average molecular weight is 298 g/mol. The summed E-state index contributed by atoms with van der Waals surface area (Å²) < 4.78 is 1.22. The number of carboxylic acid groups (broad SMARTS) is 1. The SMILES string of the molecule is O=C(O)c1cnn(-c2ccc(C3CCCCC3)cc2)c(=O)c1. The van der Waals surface area contributed by atoms with Crippen molar-refractivity contribution >= 4 is 5.97 Å². The van der Waals surface area contributed by atoms with E-state index in [1.54, 1.807) is 0 Å². The molecule has 1 aromatic heterocycles. The maximum absolute atomic E-state index is 12.0. The Bertz CT molecular complexity index is 728. The van der Waals surface area contributed by atoms with Gasteiger partial charge in [-0.15, -0.1) is 0 Å². The van der Waals surface area contributed by atoms with Crippen molar-refractivity contribution in [2.75, 3.05) is 0 Å². The van der Waals surface area contributed by atoms with E-state index in [9.17, 15) is 9.59 Å². The molecule has 1 N–H and O–H groups in total. The van der Waals surface area contributed by atoms with Gasteiger partial charge in [0.2, 0.25) is 0 Å². The Morgan fingerprint density at radius 3 is 2.41 bits per heavy atom. The van der Waals surface area contributed by atoms with Crippen molar-refractivity contribution in [2.24, 2.45) is 0 Å². The molecule has 22 heavy (non-hydrogen) atoms.